The Bertz CT molecular complexity index is 2500. The molecule has 2 aliphatic rings. The van der Waals surface area contributed by atoms with Crippen molar-refractivity contribution in [2.45, 2.75) is 70.8 Å². The summed E-state index contributed by atoms with van der Waals surface area (Å²) in [5, 5.41) is 23.9. The van der Waals surface area contributed by atoms with E-state index in [2.05, 4.69) is 161 Å². The highest BCUT2D eigenvalue weighted by Crippen LogP contribution is 2.51. The Labute approximate surface area is 335 Å². The molecule has 1 aromatic heterocycles. The molecule has 0 fully saturated rings. The molecule has 0 radical (unpaired) electrons. The second-order valence-corrected chi connectivity index (χ2v) is 15.8. The van der Waals surface area contributed by atoms with Crippen molar-refractivity contribution in [3.05, 3.63) is 144 Å². The van der Waals surface area contributed by atoms with E-state index in [4.69, 9.17) is 0 Å². The summed E-state index contributed by atoms with van der Waals surface area (Å²) in [4.78, 5) is 15.3. The van der Waals surface area contributed by atoms with E-state index in [0.717, 1.165) is 36.9 Å². The Kier molecular flexibility index (Phi) is 10.9. The molecular formula is C47H48ClN7O. The minimum Gasteiger partial charge on any atom is -1.00 e. The van der Waals surface area contributed by atoms with E-state index in [1.807, 2.05) is 24.3 Å². The van der Waals surface area contributed by atoms with Crippen LogP contribution in [-0.2, 0) is 22.2 Å². The molecule has 284 valence electrons. The van der Waals surface area contributed by atoms with Gasteiger partial charge in [0.1, 0.15) is 7.05 Å². The SMILES string of the molecule is C[N+]1=C(/C=C/C=C2\N(CCCCCC(=O)NCc3ccc(-c4nncnn4)cc3)c3ccc4ccccc4c3C2(C)C)C(C)(C)c2c1ccc1ccccc21.[Cl-]. The molecule has 1 N–H and O–H groups in total. The van der Waals surface area contributed by atoms with E-state index >= 15 is 0 Å². The summed E-state index contributed by atoms with van der Waals surface area (Å²) in [5.74, 6) is 0.549. The fourth-order valence-corrected chi connectivity index (χ4v) is 8.81. The summed E-state index contributed by atoms with van der Waals surface area (Å²) in [7, 11) is 2.19. The average Bonchev–Trinajstić information content (AvgIpc) is 3.55. The van der Waals surface area contributed by atoms with Gasteiger partial charge in [0.2, 0.25) is 17.4 Å². The molecule has 8 nitrogen and oxygen atoms in total. The van der Waals surface area contributed by atoms with Crippen LogP contribution in [0.4, 0.5) is 11.4 Å². The largest absolute Gasteiger partial charge is 1.00 e. The second-order valence-electron chi connectivity index (χ2n) is 15.8. The van der Waals surface area contributed by atoms with Gasteiger partial charge >= 0.3 is 0 Å². The zero-order valence-electron chi connectivity index (χ0n) is 32.8. The lowest BCUT2D eigenvalue weighted by Gasteiger charge is -2.27. The van der Waals surface area contributed by atoms with E-state index in [1.54, 1.807) is 0 Å². The van der Waals surface area contributed by atoms with Crippen molar-refractivity contribution in [2.75, 3.05) is 18.5 Å². The third-order valence-electron chi connectivity index (χ3n) is 11.6. The van der Waals surface area contributed by atoms with Crippen molar-refractivity contribution in [1.29, 1.82) is 0 Å². The highest BCUT2D eigenvalue weighted by atomic mass is 35.5. The molecule has 0 saturated carbocycles. The van der Waals surface area contributed by atoms with Crippen molar-refractivity contribution < 1.29 is 21.8 Å². The average molecular weight is 762 g/mol. The van der Waals surface area contributed by atoms with E-state index in [0.29, 0.717) is 18.8 Å². The van der Waals surface area contributed by atoms with Gasteiger partial charge in [-0.05, 0) is 77.6 Å². The zero-order chi connectivity index (χ0) is 38.2. The number of aromatic nitrogens is 4. The molecule has 3 heterocycles. The van der Waals surface area contributed by atoms with Crippen LogP contribution in [0.15, 0.2) is 127 Å². The van der Waals surface area contributed by atoms with E-state index in [-0.39, 0.29) is 29.1 Å². The number of hydrogen-bond donors (Lipinski definition) is 1. The molecule has 6 aromatic rings. The van der Waals surface area contributed by atoms with Crippen LogP contribution in [0.2, 0.25) is 0 Å². The maximum Gasteiger partial charge on any atom is 0.220 e. The number of rotatable bonds is 11. The molecule has 0 unspecified atom stereocenters. The molecule has 0 aliphatic carbocycles. The number of nitrogens with one attached hydrogen (secondary N) is 1. The number of anilines is 1. The van der Waals surface area contributed by atoms with Crippen LogP contribution in [0, 0.1) is 0 Å². The fraction of sp³-hybridized carbons (Fsp3) is 0.277. The van der Waals surface area contributed by atoms with E-state index < -0.39 is 0 Å². The van der Waals surface area contributed by atoms with Gasteiger partial charge in [-0.25, -0.2) is 0 Å². The first kappa shape index (κ1) is 38.5. The Balaban J connectivity index is 0.00000480. The summed E-state index contributed by atoms with van der Waals surface area (Å²) in [6, 6.07) is 34.3. The van der Waals surface area contributed by atoms with Crippen molar-refractivity contribution in [3.63, 3.8) is 0 Å². The van der Waals surface area contributed by atoms with Crippen molar-refractivity contribution >= 4 is 44.5 Å². The number of nitrogens with zero attached hydrogens (tertiary/aromatic N) is 6. The number of unbranched alkanes of at least 4 members (excludes halogenated alkanes) is 2. The van der Waals surface area contributed by atoms with Crippen molar-refractivity contribution in [3.8, 4) is 11.4 Å². The smallest absolute Gasteiger partial charge is 0.220 e. The maximum atomic E-state index is 12.8. The van der Waals surface area contributed by atoms with Crippen LogP contribution in [0.5, 0.6) is 0 Å². The minimum absolute atomic E-state index is 0. The molecule has 0 spiro atoms. The van der Waals surface area contributed by atoms with Gasteiger partial charge < -0.3 is 22.6 Å². The molecule has 2 aliphatic heterocycles. The predicted octanol–water partition coefficient (Wildman–Crippen LogP) is 6.36. The van der Waals surface area contributed by atoms with Crippen LogP contribution in [0.25, 0.3) is 32.9 Å². The number of hydrogen-bond acceptors (Lipinski definition) is 6. The van der Waals surface area contributed by atoms with Gasteiger partial charge in [-0.2, -0.15) is 4.58 Å². The fourth-order valence-electron chi connectivity index (χ4n) is 8.81. The standard InChI is InChI=1S/C47H47N7O.ClH/c1-46(2)40(53(5)38-27-25-33-14-8-10-16-36(33)43(38)46)18-13-19-41-47(3,4)44-37-17-11-9-15-34(37)26-28-39(44)54(41)29-12-6-7-20-42(55)48-30-32-21-23-35(24-22-32)45-51-49-31-50-52-45;/h8-11,13-19,21-28,31H,6-7,12,20,29-30H2,1-5H3;1H. The number of fused-ring (bicyclic) bond motifs is 6. The van der Waals surface area contributed by atoms with Crippen LogP contribution in [0.1, 0.15) is 70.1 Å². The Morgan fingerprint density at radius 2 is 1.43 bits per heavy atom. The van der Waals surface area contributed by atoms with Crippen molar-refractivity contribution in [1.82, 2.24) is 25.7 Å². The van der Waals surface area contributed by atoms with Gasteiger partial charge in [0.05, 0.1) is 5.41 Å². The first-order valence-corrected chi connectivity index (χ1v) is 19.3. The summed E-state index contributed by atoms with van der Waals surface area (Å²) in [6.07, 6.45) is 11.5. The molecule has 56 heavy (non-hydrogen) atoms. The summed E-state index contributed by atoms with van der Waals surface area (Å²) in [6.45, 7) is 10.8. The summed E-state index contributed by atoms with van der Waals surface area (Å²) >= 11 is 0. The molecule has 0 bridgehead atoms. The molecule has 1 amide bonds. The van der Waals surface area contributed by atoms with Gasteiger partial charge in [0, 0.05) is 59.6 Å². The van der Waals surface area contributed by atoms with Gasteiger partial charge in [0.25, 0.3) is 0 Å². The number of halogens is 1. The first-order valence-electron chi connectivity index (χ1n) is 19.3. The lowest BCUT2D eigenvalue weighted by Crippen LogP contribution is -3.00. The summed E-state index contributed by atoms with van der Waals surface area (Å²) in [5.41, 5.74) is 9.43. The van der Waals surface area contributed by atoms with Crippen molar-refractivity contribution in [2.24, 2.45) is 0 Å². The van der Waals surface area contributed by atoms with Crippen LogP contribution < -0.4 is 22.6 Å². The molecule has 5 aromatic carbocycles. The quantitative estimate of drug-likeness (QED) is 0.122. The maximum absolute atomic E-state index is 12.8. The first-order chi connectivity index (χ1) is 26.6. The molecule has 0 atom stereocenters. The zero-order valence-corrected chi connectivity index (χ0v) is 33.5. The topological polar surface area (TPSA) is 86.9 Å². The van der Waals surface area contributed by atoms with E-state index in [9.17, 15) is 4.79 Å². The Morgan fingerprint density at radius 3 is 2.14 bits per heavy atom. The number of amides is 1. The van der Waals surface area contributed by atoms with Gasteiger partial charge in [0.15, 0.2) is 12.0 Å². The highest BCUT2D eigenvalue weighted by molar-refractivity contribution is 6.07. The third-order valence-corrected chi connectivity index (χ3v) is 11.6. The number of carbonyl (C=O) groups is 1. The van der Waals surface area contributed by atoms with Crippen LogP contribution in [0.3, 0.4) is 0 Å². The highest BCUT2D eigenvalue weighted by Gasteiger charge is 2.44. The van der Waals surface area contributed by atoms with Crippen LogP contribution >= 0.6 is 0 Å². The lowest BCUT2D eigenvalue weighted by molar-refractivity contribution is -0.401. The van der Waals surface area contributed by atoms with Gasteiger partial charge in [-0.15, -0.1) is 20.4 Å². The molecule has 0 saturated heterocycles. The van der Waals surface area contributed by atoms with Gasteiger partial charge in [-0.3, -0.25) is 4.79 Å². The van der Waals surface area contributed by atoms with Gasteiger partial charge in [-0.1, -0.05) is 105 Å². The lowest BCUT2D eigenvalue weighted by atomic mass is 9.79. The minimum atomic E-state index is -0.193. The Hall–Kier alpha value is -5.73. The second kappa shape index (κ2) is 15.8. The van der Waals surface area contributed by atoms with E-state index in [1.165, 1.54) is 61.8 Å². The predicted molar refractivity (Wildman–Crippen MR) is 223 cm³/mol. The number of carbonyl (C=O) groups excluding carboxylic acids is 1. The Morgan fingerprint density at radius 1 is 0.768 bits per heavy atom. The summed E-state index contributed by atoms with van der Waals surface area (Å²) < 4.78 is 2.36. The third kappa shape index (κ3) is 7.10. The number of benzene rings is 5. The molecule has 8 rings (SSSR count). The monoisotopic (exact) mass is 761 g/mol. The molecule has 9 heteroatoms. The normalized spacial score (nSPS) is 16.1. The van der Waals surface area contributed by atoms with Crippen LogP contribution in [-0.4, -0.2) is 50.2 Å². The molecular weight excluding hydrogens is 714 g/mol. The number of allylic oxidation sites excluding steroid dienone is 4.